The molecule has 2 aromatic carbocycles. The minimum atomic E-state index is -1.34. The Bertz CT molecular complexity index is 1600. The van der Waals surface area contributed by atoms with E-state index in [2.05, 4.69) is 25.6 Å². The zero-order chi connectivity index (χ0) is 26.8. The molecule has 5 aromatic rings. The van der Waals surface area contributed by atoms with Crippen molar-refractivity contribution in [3.63, 3.8) is 0 Å². The van der Waals surface area contributed by atoms with Gasteiger partial charge in [0.25, 0.3) is 23.6 Å². The molecule has 5 rings (SSSR count). The molecule has 1 unspecified atom stereocenters. The molecule has 11 nitrogen and oxygen atoms in total. The van der Waals surface area contributed by atoms with Crippen LogP contribution in [0.15, 0.2) is 69.5 Å². The summed E-state index contributed by atoms with van der Waals surface area (Å²) in [6.07, 6.45) is 0. The number of hydrogen-bond donors (Lipinski definition) is 1. The van der Waals surface area contributed by atoms with Crippen molar-refractivity contribution in [1.29, 1.82) is 0 Å². The molecule has 0 aliphatic rings. The molecule has 11 heteroatoms. The molecule has 0 radical (unpaired) electrons. The lowest BCUT2D eigenvalue weighted by Gasteiger charge is -2.13. The molecule has 0 spiro atoms. The minimum absolute atomic E-state index is 0.0213. The van der Waals surface area contributed by atoms with Crippen molar-refractivity contribution in [2.75, 3.05) is 7.11 Å². The topological polar surface area (TPSA) is 138 Å². The summed E-state index contributed by atoms with van der Waals surface area (Å²) in [7, 11) is 1.20. The van der Waals surface area contributed by atoms with Crippen molar-refractivity contribution >= 4 is 11.9 Å². The number of aromatic nitrogens is 5. The van der Waals surface area contributed by atoms with Crippen LogP contribution in [0.3, 0.4) is 0 Å². The summed E-state index contributed by atoms with van der Waals surface area (Å²) in [6, 6.07) is 16.8. The fourth-order valence-electron chi connectivity index (χ4n) is 3.84. The van der Waals surface area contributed by atoms with Crippen molar-refractivity contribution in [3.05, 3.63) is 89.1 Å². The van der Waals surface area contributed by atoms with Gasteiger partial charge in [0.2, 0.25) is 11.9 Å². The van der Waals surface area contributed by atoms with Gasteiger partial charge in [-0.2, -0.15) is 5.10 Å². The number of nitrogens with one attached hydrogen (secondary N) is 1. The van der Waals surface area contributed by atoms with Crippen LogP contribution >= 0.6 is 0 Å². The maximum absolute atomic E-state index is 12.8. The molecular formula is C27H24N6O5. The Morgan fingerprint density at radius 1 is 0.947 bits per heavy atom. The van der Waals surface area contributed by atoms with Gasteiger partial charge in [-0.05, 0) is 51.1 Å². The predicted octanol–water partition coefficient (Wildman–Crippen LogP) is 4.15. The van der Waals surface area contributed by atoms with E-state index >= 15 is 0 Å². The van der Waals surface area contributed by atoms with Crippen LogP contribution in [0.1, 0.15) is 39.2 Å². The summed E-state index contributed by atoms with van der Waals surface area (Å²) >= 11 is 0. The number of benzene rings is 2. The van der Waals surface area contributed by atoms with E-state index < -0.39 is 17.9 Å². The van der Waals surface area contributed by atoms with Gasteiger partial charge in [0.05, 0.1) is 12.8 Å². The van der Waals surface area contributed by atoms with Crippen LogP contribution in [0.4, 0.5) is 0 Å². The lowest BCUT2D eigenvalue weighted by Crippen LogP contribution is -2.34. The molecular weight excluding hydrogens is 488 g/mol. The zero-order valence-corrected chi connectivity index (χ0v) is 21.1. The average Bonchev–Trinajstić information content (AvgIpc) is 3.65. The first-order chi connectivity index (χ1) is 18.3. The van der Waals surface area contributed by atoms with Gasteiger partial charge < -0.3 is 18.9 Å². The third kappa shape index (κ3) is 4.81. The van der Waals surface area contributed by atoms with E-state index in [4.69, 9.17) is 13.6 Å². The second kappa shape index (κ2) is 10.1. The minimum Gasteiger partial charge on any atom is -0.467 e. The number of rotatable bonds is 7. The van der Waals surface area contributed by atoms with E-state index in [-0.39, 0.29) is 23.4 Å². The first-order valence-electron chi connectivity index (χ1n) is 11.7. The van der Waals surface area contributed by atoms with Crippen LogP contribution in [0.2, 0.25) is 0 Å². The molecule has 1 amide bonds. The molecule has 1 atom stereocenters. The zero-order valence-electron chi connectivity index (χ0n) is 21.1. The monoisotopic (exact) mass is 512 g/mol. The normalized spacial score (nSPS) is 11.8. The molecule has 0 saturated heterocycles. The molecule has 0 fully saturated rings. The maximum Gasteiger partial charge on any atom is 0.338 e. The van der Waals surface area contributed by atoms with Gasteiger partial charge in [-0.15, -0.1) is 10.2 Å². The highest BCUT2D eigenvalue weighted by Gasteiger charge is 2.32. The first kappa shape index (κ1) is 24.6. The lowest BCUT2D eigenvalue weighted by molar-refractivity contribution is -0.143. The smallest absolute Gasteiger partial charge is 0.338 e. The Morgan fingerprint density at radius 3 is 2.34 bits per heavy atom. The molecule has 0 aliphatic carbocycles. The number of amides is 1. The largest absolute Gasteiger partial charge is 0.467 e. The van der Waals surface area contributed by atoms with Gasteiger partial charge in [0.1, 0.15) is 0 Å². The van der Waals surface area contributed by atoms with Gasteiger partial charge in [0.15, 0.2) is 5.69 Å². The third-order valence-electron chi connectivity index (χ3n) is 5.75. The molecule has 1 N–H and O–H groups in total. The highest BCUT2D eigenvalue weighted by molar-refractivity contribution is 5.96. The number of carbonyl (C=O) groups is 2. The van der Waals surface area contributed by atoms with Crippen LogP contribution in [0.25, 0.3) is 28.9 Å². The molecule has 0 saturated carbocycles. The third-order valence-corrected chi connectivity index (χ3v) is 5.75. The van der Waals surface area contributed by atoms with E-state index in [9.17, 15) is 9.59 Å². The van der Waals surface area contributed by atoms with Crippen LogP contribution in [-0.2, 0) is 9.53 Å². The first-order valence-corrected chi connectivity index (χ1v) is 11.7. The van der Waals surface area contributed by atoms with Crippen molar-refractivity contribution in [1.82, 2.24) is 30.3 Å². The number of aryl methyl sites for hydroxylation is 3. The van der Waals surface area contributed by atoms with E-state index in [0.29, 0.717) is 11.5 Å². The number of hydrogen-bond acceptors (Lipinski definition) is 9. The lowest BCUT2D eigenvalue weighted by atomic mass is 10.1. The summed E-state index contributed by atoms with van der Waals surface area (Å²) in [5, 5.41) is 15.2. The number of nitrogens with zero attached hydrogens (tertiary/aromatic N) is 5. The summed E-state index contributed by atoms with van der Waals surface area (Å²) in [4.78, 5) is 30.0. The van der Waals surface area contributed by atoms with Crippen LogP contribution < -0.4 is 5.32 Å². The fourth-order valence-corrected chi connectivity index (χ4v) is 3.84. The standard InChI is InChI=1S/C27H24N6O5/c1-15-10-12-18(13-11-15)22(34)28-21(27(35)36-4)25-31-30-24(37-25)20-26(33-17(3)14-16(2)32-33)38-23(29-20)19-8-6-5-7-9-19/h5-14,21H,1-4H3,(H,28,34). The molecule has 0 aliphatic heterocycles. The van der Waals surface area contributed by atoms with E-state index in [0.717, 1.165) is 22.5 Å². The predicted molar refractivity (Wildman–Crippen MR) is 135 cm³/mol. The summed E-state index contributed by atoms with van der Waals surface area (Å²) in [5.74, 6) is -0.883. The number of oxazole rings is 1. The van der Waals surface area contributed by atoms with E-state index in [1.165, 1.54) is 7.11 Å². The van der Waals surface area contributed by atoms with Gasteiger partial charge >= 0.3 is 5.97 Å². The summed E-state index contributed by atoms with van der Waals surface area (Å²) in [5.41, 5.74) is 3.90. The molecule has 3 aromatic heterocycles. The highest BCUT2D eigenvalue weighted by Crippen LogP contribution is 2.32. The average molecular weight is 513 g/mol. The Labute approximate surface area is 217 Å². The fraction of sp³-hybridized carbons (Fsp3) is 0.185. The van der Waals surface area contributed by atoms with Crippen molar-refractivity contribution in [2.45, 2.75) is 26.8 Å². The number of esters is 1. The van der Waals surface area contributed by atoms with Crippen LogP contribution in [0.5, 0.6) is 0 Å². The van der Waals surface area contributed by atoms with Gasteiger partial charge in [-0.1, -0.05) is 35.9 Å². The highest BCUT2D eigenvalue weighted by atomic mass is 16.5. The molecule has 3 heterocycles. The van der Waals surface area contributed by atoms with Crippen LogP contribution in [-0.4, -0.2) is 43.9 Å². The Balaban J connectivity index is 1.54. The Kier molecular flexibility index (Phi) is 6.56. The van der Waals surface area contributed by atoms with E-state index in [1.54, 1.807) is 28.9 Å². The van der Waals surface area contributed by atoms with E-state index in [1.807, 2.05) is 57.2 Å². The van der Waals surface area contributed by atoms with Crippen molar-refractivity contribution in [2.24, 2.45) is 0 Å². The van der Waals surface area contributed by atoms with Gasteiger partial charge in [-0.25, -0.2) is 14.5 Å². The van der Waals surface area contributed by atoms with Crippen molar-refractivity contribution in [3.8, 4) is 28.9 Å². The van der Waals surface area contributed by atoms with Crippen molar-refractivity contribution < 1.29 is 23.2 Å². The van der Waals surface area contributed by atoms with Crippen LogP contribution in [0, 0.1) is 20.8 Å². The SMILES string of the molecule is COC(=O)C(NC(=O)c1ccc(C)cc1)c1nnc(-c2nc(-c3ccccc3)oc2-n2nc(C)cc2C)o1. The maximum atomic E-state index is 12.8. The molecule has 0 bridgehead atoms. The number of ether oxygens (including phenoxy) is 1. The Hall–Kier alpha value is -5.06. The second-order valence-corrected chi connectivity index (χ2v) is 8.62. The van der Waals surface area contributed by atoms with Gasteiger partial charge in [0, 0.05) is 16.8 Å². The summed E-state index contributed by atoms with van der Waals surface area (Å²) in [6.45, 7) is 5.65. The summed E-state index contributed by atoms with van der Waals surface area (Å²) < 4.78 is 18.4. The molecule has 192 valence electrons. The molecule has 38 heavy (non-hydrogen) atoms. The van der Waals surface area contributed by atoms with Gasteiger partial charge in [-0.3, -0.25) is 4.79 Å². The number of methoxy groups -OCH3 is 1. The quantitative estimate of drug-likeness (QED) is 0.319. The second-order valence-electron chi connectivity index (χ2n) is 8.62. The number of carbonyl (C=O) groups excluding carboxylic acids is 2. The Morgan fingerprint density at radius 2 is 1.68 bits per heavy atom.